The largest absolute Gasteiger partial charge is 0.370 e. The van der Waals surface area contributed by atoms with Crippen LogP contribution in [0.5, 0.6) is 0 Å². The normalized spacial score (nSPS) is 20.7. The van der Waals surface area contributed by atoms with Crippen LogP contribution in [-0.2, 0) is 27.4 Å². The van der Waals surface area contributed by atoms with Crippen molar-refractivity contribution in [3.63, 3.8) is 0 Å². The molecular formula is C22H30N6O3. The minimum absolute atomic E-state index is 0.00102. The fraction of sp³-hybridized carbons (Fsp3) is 0.591. The summed E-state index contributed by atoms with van der Waals surface area (Å²) in [5.41, 5.74) is 0.969. The summed E-state index contributed by atoms with van der Waals surface area (Å²) in [6.45, 7) is 3.14. The van der Waals surface area contributed by atoms with Crippen molar-refractivity contribution < 1.29 is 14.3 Å². The zero-order chi connectivity index (χ0) is 21.6. The Morgan fingerprint density at radius 2 is 2.10 bits per heavy atom. The zero-order valence-electron chi connectivity index (χ0n) is 18.0. The van der Waals surface area contributed by atoms with Crippen LogP contribution >= 0.6 is 0 Å². The maximum absolute atomic E-state index is 13.1. The average Bonchev–Trinajstić information content (AvgIpc) is 3.11. The Morgan fingerprint density at radius 1 is 1.26 bits per heavy atom. The predicted octanol–water partition coefficient (Wildman–Crippen LogP) is 1.64. The summed E-state index contributed by atoms with van der Waals surface area (Å²) in [5, 5.41) is 6.82. The van der Waals surface area contributed by atoms with Gasteiger partial charge in [-0.25, -0.2) is 4.98 Å². The molecule has 1 N–H and O–H groups in total. The van der Waals surface area contributed by atoms with Gasteiger partial charge in [0.1, 0.15) is 5.82 Å². The van der Waals surface area contributed by atoms with E-state index >= 15 is 0 Å². The van der Waals surface area contributed by atoms with Gasteiger partial charge in [0.25, 0.3) is 0 Å². The molecule has 2 amide bonds. The smallest absolute Gasteiger partial charge is 0.242 e. The molecule has 2 fully saturated rings. The number of pyridine rings is 1. The van der Waals surface area contributed by atoms with Crippen molar-refractivity contribution in [2.45, 2.75) is 64.2 Å². The highest BCUT2D eigenvalue weighted by Gasteiger charge is 2.35. The lowest BCUT2D eigenvalue weighted by molar-refractivity contribution is -0.140. The number of hydrogen-bond donors (Lipinski definition) is 1. The lowest BCUT2D eigenvalue weighted by atomic mass is 9.94. The summed E-state index contributed by atoms with van der Waals surface area (Å²) in [5.74, 6) is 0.943. The first-order valence-corrected chi connectivity index (χ1v) is 11.0. The molecule has 0 aromatic carbocycles. The third kappa shape index (κ3) is 5.66. The van der Waals surface area contributed by atoms with E-state index < -0.39 is 0 Å². The molecule has 0 radical (unpaired) electrons. The number of H-pyrrole nitrogens is 1. The third-order valence-electron chi connectivity index (χ3n) is 6.00. The van der Waals surface area contributed by atoms with E-state index in [9.17, 15) is 9.59 Å². The predicted molar refractivity (Wildman–Crippen MR) is 113 cm³/mol. The van der Waals surface area contributed by atoms with Crippen molar-refractivity contribution in [1.29, 1.82) is 0 Å². The third-order valence-corrected chi connectivity index (χ3v) is 6.00. The molecule has 1 aliphatic heterocycles. The highest BCUT2D eigenvalue weighted by Crippen LogP contribution is 2.25. The summed E-state index contributed by atoms with van der Waals surface area (Å²) < 4.78 is 6.19. The minimum Gasteiger partial charge on any atom is -0.370 e. The SMILES string of the molecule is Cc1nc(CC(=O)N2CC(=O)N(C3CCCCC3)C[C@H](OCc3cccnc3)C2)n[nH]1. The van der Waals surface area contributed by atoms with Crippen LogP contribution in [0.2, 0.25) is 0 Å². The molecule has 0 bridgehead atoms. The monoisotopic (exact) mass is 426 g/mol. The van der Waals surface area contributed by atoms with Gasteiger partial charge in [-0.2, -0.15) is 5.10 Å². The van der Waals surface area contributed by atoms with E-state index in [1.807, 2.05) is 17.0 Å². The molecule has 2 aliphatic rings. The van der Waals surface area contributed by atoms with Crippen LogP contribution in [-0.4, -0.2) is 73.6 Å². The first-order valence-electron chi connectivity index (χ1n) is 11.0. The summed E-state index contributed by atoms with van der Waals surface area (Å²) in [4.78, 5) is 38.0. The molecule has 4 rings (SSSR count). The molecule has 9 nitrogen and oxygen atoms in total. The number of hydrogen-bond acceptors (Lipinski definition) is 6. The van der Waals surface area contributed by atoms with Gasteiger partial charge in [-0.15, -0.1) is 0 Å². The number of aryl methyl sites for hydroxylation is 1. The Morgan fingerprint density at radius 3 is 2.81 bits per heavy atom. The number of nitrogens with zero attached hydrogens (tertiary/aromatic N) is 5. The molecule has 31 heavy (non-hydrogen) atoms. The van der Waals surface area contributed by atoms with E-state index in [4.69, 9.17) is 4.74 Å². The number of rotatable bonds is 6. The van der Waals surface area contributed by atoms with Gasteiger partial charge in [0, 0.05) is 31.5 Å². The number of carbonyl (C=O) groups is 2. The molecule has 1 atom stereocenters. The number of carbonyl (C=O) groups excluding carboxylic acids is 2. The van der Waals surface area contributed by atoms with Crippen molar-refractivity contribution in [2.75, 3.05) is 19.6 Å². The molecule has 1 saturated heterocycles. The van der Waals surface area contributed by atoms with Gasteiger partial charge in [0.15, 0.2) is 5.82 Å². The molecule has 9 heteroatoms. The topological polar surface area (TPSA) is 104 Å². The molecule has 1 aliphatic carbocycles. The maximum Gasteiger partial charge on any atom is 0.242 e. The minimum atomic E-state index is -0.258. The van der Waals surface area contributed by atoms with Crippen LogP contribution in [0.15, 0.2) is 24.5 Å². The molecular weight excluding hydrogens is 396 g/mol. The van der Waals surface area contributed by atoms with E-state index in [2.05, 4.69) is 20.2 Å². The van der Waals surface area contributed by atoms with Crippen LogP contribution in [0.25, 0.3) is 0 Å². The molecule has 2 aromatic heterocycles. The van der Waals surface area contributed by atoms with E-state index in [1.165, 1.54) is 6.42 Å². The standard InChI is InChI=1S/C22H30N6O3/c1-16-24-20(26-25-16)10-21(29)27-12-19(31-15-17-6-5-9-23-11-17)13-28(22(30)14-27)18-7-3-2-4-8-18/h5-6,9,11,18-19H,2-4,7-8,10,12-15H2,1H3,(H,24,25,26)/t19-/m1/s1. The average molecular weight is 427 g/mol. The molecule has 166 valence electrons. The van der Waals surface area contributed by atoms with Gasteiger partial charge < -0.3 is 14.5 Å². The van der Waals surface area contributed by atoms with Gasteiger partial charge in [-0.05, 0) is 31.4 Å². The van der Waals surface area contributed by atoms with Crippen molar-refractivity contribution in [2.24, 2.45) is 0 Å². The maximum atomic E-state index is 13.1. The Balaban J connectivity index is 1.48. The molecule has 1 saturated carbocycles. The van der Waals surface area contributed by atoms with E-state index in [0.29, 0.717) is 31.3 Å². The van der Waals surface area contributed by atoms with Gasteiger partial charge in [-0.3, -0.25) is 19.7 Å². The lowest BCUT2D eigenvalue weighted by Crippen LogP contribution is -2.46. The Kier molecular flexibility index (Phi) is 6.91. The van der Waals surface area contributed by atoms with E-state index in [0.717, 1.165) is 31.2 Å². The Hall–Kier alpha value is -2.81. The van der Waals surface area contributed by atoms with Crippen LogP contribution in [0, 0.1) is 6.92 Å². The van der Waals surface area contributed by atoms with Crippen molar-refractivity contribution in [1.82, 2.24) is 30.0 Å². The van der Waals surface area contributed by atoms with Crippen LogP contribution in [0.4, 0.5) is 0 Å². The number of aromatic nitrogens is 4. The number of ether oxygens (including phenoxy) is 1. The molecule has 3 heterocycles. The highest BCUT2D eigenvalue weighted by atomic mass is 16.5. The quantitative estimate of drug-likeness (QED) is 0.753. The summed E-state index contributed by atoms with van der Waals surface area (Å²) in [6.07, 6.45) is 8.85. The van der Waals surface area contributed by atoms with Gasteiger partial charge in [-0.1, -0.05) is 25.3 Å². The van der Waals surface area contributed by atoms with Crippen LogP contribution < -0.4 is 0 Å². The van der Waals surface area contributed by atoms with Gasteiger partial charge in [0.05, 0.1) is 25.7 Å². The first kappa shape index (κ1) is 21.4. The van der Waals surface area contributed by atoms with Gasteiger partial charge in [0.2, 0.25) is 11.8 Å². The summed E-state index contributed by atoms with van der Waals surface area (Å²) in [6, 6.07) is 4.07. The van der Waals surface area contributed by atoms with Crippen LogP contribution in [0.3, 0.4) is 0 Å². The first-order chi connectivity index (χ1) is 15.1. The second-order valence-electron chi connectivity index (χ2n) is 8.42. The number of aromatic amines is 1. The summed E-state index contributed by atoms with van der Waals surface area (Å²) in [7, 11) is 0. The number of amides is 2. The Bertz CT molecular complexity index is 880. The van der Waals surface area contributed by atoms with Crippen molar-refractivity contribution in [3.8, 4) is 0 Å². The van der Waals surface area contributed by atoms with Gasteiger partial charge >= 0.3 is 0 Å². The molecule has 0 unspecified atom stereocenters. The van der Waals surface area contributed by atoms with E-state index in [-0.39, 0.29) is 36.9 Å². The molecule has 0 spiro atoms. The fourth-order valence-electron chi connectivity index (χ4n) is 4.40. The Labute approximate surface area is 182 Å². The fourth-order valence-corrected chi connectivity index (χ4v) is 4.40. The van der Waals surface area contributed by atoms with E-state index in [1.54, 1.807) is 24.2 Å². The number of nitrogens with one attached hydrogen (secondary N) is 1. The molecule has 2 aromatic rings. The van der Waals surface area contributed by atoms with Crippen LogP contribution in [0.1, 0.15) is 49.3 Å². The summed E-state index contributed by atoms with van der Waals surface area (Å²) >= 11 is 0. The second kappa shape index (κ2) is 10.00. The lowest BCUT2D eigenvalue weighted by Gasteiger charge is -2.34. The second-order valence-corrected chi connectivity index (χ2v) is 8.42. The van der Waals surface area contributed by atoms with Crippen molar-refractivity contribution in [3.05, 3.63) is 41.7 Å². The highest BCUT2D eigenvalue weighted by molar-refractivity contribution is 5.86. The zero-order valence-corrected chi connectivity index (χ0v) is 18.0. The van der Waals surface area contributed by atoms with Crippen molar-refractivity contribution >= 4 is 11.8 Å².